The van der Waals surface area contributed by atoms with Crippen molar-refractivity contribution in [2.45, 2.75) is 51.5 Å². The average molecular weight is 333 g/mol. The molecule has 1 aromatic rings. The Morgan fingerprint density at radius 3 is 2.50 bits per heavy atom. The Hall–Kier alpha value is -2.04. The van der Waals surface area contributed by atoms with Crippen LogP contribution in [0, 0.1) is 5.92 Å². The van der Waals surface area contributed by atoms with Gasteiger partial charge in [0.2, 0.25) is 0 Å². The molecule has 1 aliphatic carbocycles. The van der Waals surface area contributed by atoms with Crippen LogP contribution in [0.5, 0.6) is 5.75 Å². The number of ether oxygens (including phenoxy) is 2. The molecule has 1 atom stereocenters. The van der Waals surface area contributed by atoms with Crippen LogP contribution in [-0.2, 0) is 9.53 Å². The summed E-state index contributed by atoms with van der Waals surface area (Å²) in [5.41, 5.74) is 0.512. The fourth-order valence-electron chi connectivity index (χ4n) is 2.43. The number of unbranched alkanes of at least 4 members (excludes halogenated alkanes) is 2. The van der Waals surface area contributed by atoms with E-state index in [-0.39, 0.29) is 5.91 Å². The number of methoxy groups -OCH3 is 1. The van der Waals surface area contributed by atoms with Crippen LogP contribution in [0.15, 0.2) is 24.3 Å². The molecule has 5 heteroatoms. The maximum atomic E-state index is 12.3. The van der Waals surface area contributed by atoms with E-state index in [9.17, 15) is 9.59 Å². The van der Waals surface area contributed by atoms with Crippen molar-refractivity contribution in [3.63, 3.8) is 0 Å². The third kappa shape index (κ3) is 5.87. The van der Waals surface area contributed by atoms with Gasteiger partial charge in [-0.25, -0.2) is 4.79 Å². The summed E-state index contributed by atoms with van der Waals surface area (Å²) in [6.07, 6.45) is 6.04. The highest BCUT2D eigenvalue weighted by Gasteiger charge is 2.23. The lowest BCUT2D eigenvalue weighted by Gasteiger charge is -2.16. The number of nitrogens with one attached hydrogen (secondary N) is 1. The summed E-state index contributed by atoms with van der Waals surface area (Å²) in [4.78, 5) is 24.2. The van der Waals surface area contributed by atoms with Crippen LogP contribution >= 0.6 is 0 Å². The summed E-state index contributed by atoms with van der Waals surface area (Å²) >= 11 is 0. The van der Waals surface area contributed by atoms with E-state index >= 15 is 0 Å². The summed E-state index contributed by atoms with van der Waals surface area (Å²) in [7, 11) is 1.34. The minimum atomic E-state index is -0.597. The van der Waals surface area contributed by atoms with E-state index < -0.39 is 12.0 Å². The number of carbonyl (C=O) groups excluding carboxylic acids is 2. The van der Waals surface area contributed by atoms with Crippen LogP contribution in [-0.4, -0.2) is 31.6 Å². The van der Waals surface area contributed by atoms with E-state index in [2.05, 4.69) is 12.2 Å². The molecular weight excluding hydrogens is 306 g/mol. The number of hydrogen-bond donors (Lipinski definition) is 1. The maximum Gasteiger partial charge on any atom is 0.328 e. The van der Waals surface area contributed by atoms with Gasteiger partial charge in [-0.05, 0) is 49.4 Å². The molecule has 5 nitrogen and oxygen atoms in total. The molecule has 24 heavy (non-hydrogen) atoms. The van der Waals surface area contributed by atoms with Gasteiger partial charge in [0.1, 0.15) is 11.8 Å². The SMILES string of the molecule is CCCCC[C@H](NC(=O)c1ccc(OCC2CC2)cc1)C(=O)OC. The Morgan fingerprint density at radius 2 is 1.92 bits per heavy atom. The molecule has 1 aromatic carbocycles. The summed E-state index contributed by atoms with van der Waals surface area (Å²) in [5.74, 6) is 0.794. The van der Waals surface area contributed by atoms with Gasteiger partial charge in [0.05, 0.1) is 13.7 Å². The predicted octanol–water partition coefficient (Wildman–Crippen LogP) is 3.33. The summed E-state index contributed by atoms with van der Waals surface area (Å²) in [6, 6.07) is 6.43. The van der Waals surface area contributed by atoms with Crippen LogP contribution in [0.1, 0.15) is 55.8 Å². The monoisotopic (exact) mass is 333 g/mol. The molecule has 2 rings (SSSR count). The lowest BCUT2D eigenvalue weighted by atomic mass is 10.1. The van der Waals surface area contributed by atoms with E-state index in [1.807, 2.05) is 0 Å². The third-order valence-corrected chi connectivity index (χ3v) is 4.19. The fourth-order valence-corrected chi connectivity index (χ4v) is 2.43. The topological polar surface area (TPSA) is 64.6 Å². The zero-order valence-corrected chi connectivity index (χ0v) is 14.5. The van der Waals surface area contributed by atoms with Crippen molar-refractivity contribution in [1.29, 1.82) is 0 Å². The minimum absolute atomic E-state index is 0.268. The van der Waals surface area contributed by atoms with Crippen molar-refractivity contribution in [3.8, 4) is 5.75 Å². The van der Waals surface area contributed by atoms with Crippen LogP contribution < -0.4 is 10.1 Å². The Bertz CT molecular complexity index is 537. The molecule has 1 N–H and O–H groups in total. The van der Waals surface area contributed by atoms with Gasteiger partial charge in [-0.2, -0.15) is 0 Å². The predicted molar refractivity (Wildman–Crippen MR) is 92.1 cm³/mol. The van der Waals surface area contributed by atoms with Gasteiger partial charge in [-0.3, -0.25) is 4.79 Å². The first-order valence-electron chi connectivity index (χ1n) is 8.75. The zero-order chi connectivity index (χ0) is 17.4. The normalized spacial score (nSPS) is 14.8. The summed E-state index contributed by atoms with van der Waals surface area (Å²) in [6.45, 7) is 2.84. The second-order valence-electron chi connectivity index (χ2n) is 6.32. The molecule has 0 spiro atoms. The number of carbonyl (C=O) groups is 2. The molecule has 1 aliphatic rings. The van der Waals surface area contributed by atoms with E-state index in [1.54, 1.807) is 24.3 Å². The molecule has 0 radical (unpaired) electrons. The van der Waals surface area contributed by atoms with Gasteiger partial charge in [0.25, 0.3) is 5.91 Å². The molecule has 132 valence electrons. The van der Waals surface area contributed by atoms with Gasteiger partial charge in [0.15, 0.2) is 0 Å². The van der Waals surface area contributed by atoms with E-state index in [1.165, 1.54) is 20.0 Å². The highest BCUT2D eigenvalue weighted by Crippen LogP contribution is 2.29. The molecule has 0 bridgehead atoms. The largest absolute Gasteiger partial charge is 0.493 e. The zero-order valence-electron chi connectivity index (χ0n) is 14.5. The molecule has 0 aliphatic heterocycles. The summed E-state index contributed by atoms with van der Waals surface area (Å²) in [5, 5.41) is 2.77. The molecular formula is C19H27NO4. The Kier molecular flexibility index (Phi) is 7.09. The first kappa shape index (κ1) is 18.3. The molecule has 1 fully saturated rings. The van der Waals surface area contributed by atoms with Gasteiger partial charge >= 0.3 is 5.97 Å². The number of hydrogen-bond acceptors (Lipinski definition) is 4. The highest BCUT2D eigenvalue weighted by molar-refractivity contribution is 5.96. The number of esters is 1. The van der Waals surface area contributed by atoms with Crippen molar-refractivity contribution in [2.24, 2.45) is 5.92 Å². The smallest absolute Gasteiger partial charge is 0.328 e. The molecule has 0 saturated heterocycles. The second-order valence-corrected chi connectivity index (χ2v) is 6.32. The molecule has 0 unspecified atom stereocenters. The van der Waals surface area contributed by atoms with Crippen molar-refractivity contribution in [1.82, 2.24) is 5.32 Å². The van der Waals surface area contributed by atoms with E-state index in [4.69, 9.17) is 9.47 Å². The quantitative estimate of drug-likeness (QED) is 0.527. The fraction of sp³-hybridized carbons (Fsp3) is 0.579. The van der Waals surface area contributed by atoms with Crippen LogP contribution in [0.2, 0.25) is 0 Å². The summed E-state index contributed by atoms with van der Waals surface area (Å²) < 4.78 is 10.4. The van der Waals surface area contributed by atoms with Crippen LogP contribution in [0.25, 0.3) is 0 Å². The van der Waals surface area contributed by atoms with Gasteiger partial charge < -0.3 is 14.8 Å². The highest BCUT2D eigenvalue weighted by atomic mass is 16.5. The maximum absolute atomic E-state index is 12.3. The number of amides is 1. The number of rotatable bonds is 10. The van der Waals surface area contributed by atoms with Gasteiger partial charge in [-0.15, -0.1) is 0 Å². The third-order valence-electron chi connectivity index (χ3n) is 4.19. The molecule has 1 amide bonds. The van der Waals surface area contributed by atoms with Gasteiger partial charge in [-0.1, -0.05) is 26.2 Å². The molecule has 1 saturated carbocycles. The Balaban J connectivity index is 1.88. The van der Waals surface area contributed by atoms with Crippen molar-refractivity contribution in [2.75, 3.05) is 13.7 Å². The minimum Gasteiger partial charge on any atom is -0.493 e. The first-order chi connectivity index (χ1) is 11.6. The van der Waals surface area contributed by atoms with Crippen LogP contribution in [0.3, 0.4) is 0 Å². The first-order valence-corrected chi connectivity index (χ1v) is 8.75. The lowest BCUT2D eigenvalue weighted by Crippen LogP contribution is -2.41. The standard InChI is InChI=1S/C19H27NO4/c1-3-4-5-6-17(19(22)23-2)20-18(21)15-9-11-16(12-10-15)24-13-14-7-8-14/h9-12,14,17H,3-8,13H2,1-2H3,(H,20,21)/t17-/m0/s1. The Labute approximate surface area is 143 Å². The van der Waals surface area contributed by atoms with E-state index in [0.717, 1.165) is 31.6 Å². The van der Waals surface area contributed by atoms with E-state index in [0.29, 0.717) is 17.9 Å². The van der Waals surface area contributed by atoms with Crippen molar-refractivity contribution >= 4 is 11.9 Å². The average Bonchev–Trinajstić information content (AvgIpc) is 3.43. The second kappa shape index (κ2) is 9.30. The lowest BCUT2D eigenvalue weighted by molar-refractivity contribution is -0.143. The van der Waals surface area contributed by atoms with Crippen molar-refractivity contribution < 1.29 is 19.1 Å². The number of benzene rings is 1. The van der Waals surface area contributed by atoms with Gasteiger partial charge in [0, 0.05) is 5.56 Å². The molecule has 0 heterocycles. The van der Waals surface area contributed by atoms with Crippen LogP contribution in [0.4, 0.5) is 0 Å². The molecule has 0 aromatic heterocycles. The Morgan fingerprint density at radius 1 is 1.21 bits per heavy atom. The van der Waals surface area contributed by atoms with Crippen molar-refractivity contribution in [3.05, 3.63) is 29.8 Å².